The number of hydrogen-bond acceptors (Lipinski definition) is 1. The summed E-state index contributed by atoms with van der Waals surface area (Å²) in [5.41, 5.74) is 2.08. The van der Waals surface area contributed by atoms with E-state index in [4.69, 9.17) is 0 Å². The van der Waals surface area contributed by atoms with Crippen molar-refractivity contribution in [2.75, 3.05) is 0 Å². The minimum absolute atomic E-state index is 0.202. The highest BCUT2D eigenvalue weighted by Crippen LogP contribution is 2.35. The highest BCUT2D eigenvalue weighted by Gasteiger charge is 2.28. The van der Waals surface area contributed by atoms with Gasteiger partial charge in [0, 0.05) is 12.8 Å². The molecule has 0 N–H and O–H groups in total. The first-order valence-corrected chi connectivity index (χ1v) is 4.44. The Hall–Kier alpha value is -1.18. The van der Waals surface area contributed by atoms with Gasteiger partial charge in [0.2, 0.25) is 0 Å². The molecule has 0 amide bonds. The molecule has 1 aromatic carbocycles. The number of carbonyl (C=O) groups excluding carboxylic acids is 1. The molecule has 2 rings (SSSR count). The van der Waals surface area contributed by atoms with E-state index in [1.165, 1.54) is 12.1 Å². The molecule has 0 aromatic heterocycles. The molecule has 0 saturated heterocycles. The average molecular weight is 178 g/mol. The minimum Gasteiger partial charge on any atom is -0.300 e. The first-order valence-electron chi connectivity index (χ1n) is 4.44. The Morgan fingerprint density at radius 3 is 2.62 bits per heavy atom. The lowest BCUT2D eigenvalue weighted by Gasteiger charge is -2.25. The lowest BCUT2D eigenvalue weighted by atomic mass is 9.77. The van der Waals surface area contributed by atoms with Crippen LogP contribution in [0.1, 0.15) is 29.9 Å². The van der Waals surface area contributed by atoms with Crippen molar-refractivity contribution in [2.45, 2.75) is 25.7 Å². The number of carbonyl (C=O) groups is 1. The summed E-state index contributed by atoms with van der Waals surface area (Å²) in [6.45, 7) is 1.89. The van der Waals surface area contributed by atoms with Gasteiger partial charge in [-0.05, 0) is 36.1 Å². The van der Waals surface area contributed by atoms with Crippen molar-refractivity contribution in [1.29, 1.82) is 0 Å². The Kier molecular flexibility index (Phi) is 1.91. The molecule has 1 fully saturated rings. The third-order valence-electron chi connectivity index (χ3n) is 2.62. The van der Waals surface area contributed by atoms with Crippen LogP contribution in [0, 0.1) is 12.7 Å². The number of ketones is 1. The van der Waals surface area contributed by atoms with Gasteiger partial charge in [-0.15, -0.1) is 0 Å². The van der Waals surface area contributed by atoms with Crippen LogP contribution in [-0.2, 0) is 4.79 Å². The fourth-order valence-corrected chi connectivity index (χ4v) is 1.81. The van der Waals surface area contributed by atoms with E-state index in [0.29, 0.717) is 24.5 Å². The quantitative estimate of drug-likeness (QED) is 0.646. The average Bonchev–Trinajstić information content (AvgIpc) is 2.00. The molecule has 1 aliphatic rings. The monoisotopic (exact) mass is 178 g/mol. The van der Waals surface area contributed by atoms with E-state index in [-0.39, 0.29) is 5.82 Å². The van der Waals surface area contributed by atoms with Crippen molar-refractivity contribution < 1.29 is 9.18 Å². The smallest absolute Gasteiger partial charge is 0.134 e. The second-order valence-corrected chi connectivity index (χ2v) is 3.64. The van der Waals surface area contributed by atoms with Gasteiger partial charge >= 0.3 is 0 Å². The summed E-state index contributed by atoms with van der Waals surface area (Å²) in [4.78, 5) is 10.8. The molecule has 1 aliphatic carbocycles. The molecule has 0 atom stereocenters. The zero-order valence-corrected chi connectivity index (χ0v) is 7.51. The standard InChI is InChI=1S/C11H11FO/c1-7-4-9(12)2-3-11(7)8-5-10(13)6-8/h2-4,8H,5-6H2,1H3. The van der Waals surface area contributed by atoms with Crippen LogP contribution in [0.25, 0.3) is 0 Å². The van der Waals surface area contributed by atoms with Crippen molar-refractivity contribution >= 4 is 5.78 Å². The maximum atomic E-state index is 12.7. The molecular weight excluding hydrogens is 167 g/mol. The molecule has 0 unspecified atom stereocenters. The van der Waals surface area contributed by atoms with Crippen LogP contribution in [0.2, 0.25) is 0 Å². The fraction of sp³-hybridized carbons (Fsp3) is 0.364. The van der Waals surface area contributed by atoms with Gasteiger partial charge in [0.25, 0.3) is 0 Å². The van der Waals surface area contributed by atoms with Crippen molar-refractivity contribution in [3.8, 4) is 0 Å². The normalized spacial score (nSPS) is 17.2. The Labute approximate surface area is 76.6 Å². The molecule has 0 aliphatic heterocycles. The summed E-state index contributed by atoms with van der Waals surface area (Å²) in [6.07, 6.45) is 1.26. The number of rotatable bonds is 1. The summed E-state index contributed by atoms with van der Waals surface area (Å²) in [5, 5.41) is 0. The predicted molar refractivity (Wildman–Crippen MR) is 48.1 cm³/mol. The van der Waals surface area contributed by atoms with Gasteiger partial charge in [0.15, 0.2) is 0 Å². The lowest BCUT2D eigenvalue weighted by Crippen LogP contribution is -2.21. The molecule has 1 saturated carbocycles. The lowest BCUT2D eigenvalue weighted by molar-refractivity contribution is -0.124. The number of hydrogen-bond donors (Lipinski definition) is 0. The number of benzene rings is 1. The zero-order valence-electron chi connectivity index (χ0n) is 7.51. The maximum Gasteiger partial charge on any atom is 0.134 e. The molecule has 1 aromatic rings. The van der Waals surface area contributed by atoms with Gasteiger partial charge in [-0.25, -0.2) is 4.39 Å². The molecule has 68 valence electrons. The van der Waals surface area contributed by atoms with E-state index in [1.54, 1.807) is 6.07 Å². The summed E-state index contributed by atoms with van der Waals surface area (Å²) in [7, 11) is 0. The maximum absolute atomic E-state index is 12.7. The van der Waals surface area contributed by atoms with Crippen molar-refractivity contribution in [2.24, 2.45) is 0 Å². The molecule has 0 heterocycles. The van der Waals surface area contributed by atoms with Gasteiger partial charge < -0.3 is 0 Å². The molecule has 2 heteroatoms. The Morgan fingerprint density at radius 1 is 1.38 bits per heavy atom. The first-order chi connectivity index (χ1) is 6.16. The van der Waals surface area contributed by atoms with E-state index in [2.05, 4.69) is 0 Å². The topological polar surface area (TPSA) is 17.1 Å². The first kappa shape index (κ1) is 8.42. The second kappa shape index (κ2) is 2.95. The summed E-state index contributed by atoms with van der Waals surface area (Å²) in [5.74, 6) is 0.453. The predicted octanol–water partition coefficient (Wildman–Crippen LogP) is 2.58. The van der Waals surface area contributed by atoms with Crippen LogP contribution in [0.5, 0.6) is 0 Å². The van der Waals surface area contributed by atoms with Crippen LogP contribution >= 0.6 is 0 Å². The summed E-state index contributed by atoms with van der Waals surface area (Å²) < 4.78 is 12.7. The third-order valence-corrected chi connectivity index (χ3v) is 2.62. The van der Waals surface area contributed by atoms with Gasteiger partial charge in [-0.1, -0.05) is 6.07 Å². The zero-order chi connectivity index (χ0) is 9.42. The Morgan fingerprint density at radius 2 is 2.08 bits per heavy atom. The van der Waals surface area contributed by atoms with Gasteiger partial charge in [0.1, 0.15) is 11.6 Å². The second-order valence-electron chi connectivity index (χ2n) is 3.64. The number of aryl methyl sites for hydroxylation is 1. The van der Waals surface area contributed by atoms with Gasteiger partial charge in [-0.3, -0.25) is 4.79 Å². The van der Waals surface area contributed by atoms with Crippen molar-refractivity contribution in [1.82, 2.24) is 0 Å². The molecule has 0 radical (unpaired) electrons. The van der Waals surface area contributed by atoms with E-state index in [0.717, 1.165) is 11.1 Å². The van der Waals surface area contributed by atoms with E-state index in [1.807, 2.05) is 6.92 Å². The van der Waals surface area contributed by atoms with E-state index >= 15 is 0 Å². The van der Waals surface area contributed by atoms with Gasteiger partial charge in [0.05, 0.1) is 0 Å². The summed E-state index contributed by atoms with van der Waals surface area (Å²) >= 11 is 0. The molecular formula is C11H11FO. The Balaban J connectivity index is 2.26. The third kappa shape index (κ3) is 1.48. The number of Topliss-reactive ketones (excluding diaryl/α,β-unsaturated/α-hetero) is 1. The fourth-order valence-electron chi connectivity index (χ4n) is 1.81. The highest BCUT2D eigenvalue weighted by molar-refractivity contribution is 5.86. The van der Waals surface area contributed by atoms with E-state index in [9.17, 15) is 9.18 Å². The van der Waals surface area contributed by atoms with E-state index < -0.39 is 0 Å². The number of halogens is 1. The molecule has 0 spiro atoms. The van der Waals surface area contributed by atoms with Crippen LogP contribution in [0.3, 0.4) is 0 Å². The van der Waals surface area contributed by atoms with Crippen LogP contribution in [0.4, 0.5) is 4.39 Å². The highest BCUT2D eigenvalue weighted by atomic mass is 19.1. The van der Waals surface area contributed by atoms with Gasteiger partial charge in [-0.2, -0.15) is 0 Å². The Bertz CT molecular complexity index is 349. The largest absolute Gasteiger partial charge is 0.300 e. The minimum atomic E-state index is -0.202. The molecule has 0 bridgehead atoms. The van der Waals surface area contributed by atoms with Crippen molar-refractivity contribution in [3.05, 3.63) is 35.1 Å². The van der Waals surface area contributed by atoms with Crippen LogP contribution < -0.4 is 0 Å². The van der Waals surface area contributed by atoms with Crippen LogP contribution in [-0.4, -0.2) is 5.78 Å². The summed E-state index contributed by atoms with van der Waals surface area (Å²) in [6, 6.07) is 4.78. The molecule has 13 heavy (non-hydrogen) atoms. The molecule has 1 nitrogen and oxygen atoms in total. The SMILES string of the molecule is Cc1cc(F)ccc1C1CC(=O)C1. The van der Waals surface area contributed by atoms with Crippen molar-refractivity contribution in [3.63, 3.8) is 0 Å². The van der Waals surface area contributed by atoms with Crippen LogP contribution in [0.15, 0.2) is 18.2 Å².